The van der Waals surface area contributed by atoms with Gasteiger partial charge in [0, 0.05) is 30.5 Å². The zero-order valence-corrected chi connectivity index (χ0v) is 23.7. The second-order valence-corrected chi connectivity index (χ2v) is 10.7. The topological polar surface area (TPSA) is 55.9 Å². The second kappa shape index (κ2) is 11.4. The molecule has 0 amide bonds. The van der Waals surface area contributed by atoms with Crippen LogP contribution in [-0.4, -0.2) is 31.3 Å². The van der Waals surface area contributed by atoms with Crippen LogP contribution < -0.4 is 0 Å². The minimum atomic E-state index is 0.0154. The quantitative estimate of drug-likeness (QED) is 0.215. The summed E-state index contributed by atoms with van der Waals surface area (Å²) in [6.45, 7) is 6.43. The monoisotopic (exact) mass is 538 g/mol. The lowest BCUT2D eigenvalue weighted by Crippen LogP contribution is -2.08. The summed E-state index contributed by atoms with van der Waals surface area (Å²) in [6, 6.07) is 39.3. The molecule has 1 N–H and O–H groups in total. The predicted octanol–water partition coefficient (Wildman–Crippen LogP) is 7.83. The molecule has 2 heterocycles. The number of rotatable bonds is 8. The molecule has 41 heavy (non-hydrogen) atoms. The maximum atomic E-state index is 9.25. The van der Waals surface area contributed by atoms with E-state index in [0.717, 1.165) is 28.3 Å². The van der Waals surface area contributed by atoms with Crippen LogP contribution in [0.2, 0.25) is 0 Å². The van der Waals surface area contributed by atoms with Crippen molar-refractivity contribution in [3.63, 3.8) is 0 Å². The van der Waals surface area contributed by atoms with E-state index in [-0.39, 0.29) is 12.6 Å². The molecule has 0 spiro atoms. The number of aryl methyl sites for hydroxylation is 2. The first-order valence-corrected chi connectivity index (χ1v) is 14.1. The number of nitrogens with zero attached hydrogens (tertiary/aromatic N) is 4. The minimum Gasteiger partial charge on any atom is -0.396 e. The molecule has 1 atom stereocenters. The van der Waals surface area contributed by atoms with E-state index >= 15 is 0 Å². The Morgan fingerprint density at radius 3 is 2.00 bits per heavy atom. The molecule has 0 radical (unpaired) electrons. The maximum Gasteiger partial charge on any atom is 0.0850 e. The molecular weight excluding hydrogens is 504 g/mol. The number of aliphatic hydroxyl groups excluding tert-OH is 1. The zero-order chi connectivity index (χ0) is 28.3. The van der Waals surface area contributed by atoms with Gasteiger partial charge in [-0.25, -0.2) is 4.68 Å². The molecule has 204 valence electrons. The zero-order valence-electron chi connectivity index (χ0n) is 23.7. The number of benzene rings is 4. The smallest absolute Gasteiger partial charge is 0.0850 e. The van der Waals surface area contributed by atoms with E-state index in [1.807, 2.05) is 10.9 Å². The van der Waals surface area contributed by atoms with Crippen molar-refractivity contribution in [1.82, 2.24) is 19.6 Å². The first-order chi connectivity index (χ1) is 20.0. The van der Waals surface area contributed by atoms with Crippen LogP contribution >= 0.6 is 0 Å². The van der Waals surface area contributed by atoms with Gasteiger partial charge in [0.2, 0.25) is 0 Å². The third-order valence-corrected chi connectivity index (χ3v) is 7.71. The Morgan fingerprint density at radius 2 is 1.37 bits per heavy atom. The van der Waals surface area contributed by atoms with Crippen molar-refractivity contribution in [3.8, 4) is 39.3 Å². The summed E-state index contributed by atoms with van der Waals surface area (Å²) in [7, 11) is 0. The predicted molar refractivity (Wildman–Crippen MR) is 166 cm³/mol. The highest BCUT2D eigenvalue weighted by Crippen LogP contribution is 2.41. The molecule has 0 aliphatic heterocycles. The van der Waals surface area contributed by atoms with Gasteiger partial charge in [0.05, 0.1) is 23.1 Å². The van der Waals surface area contributed by atoms with Crippen LogP contribution in [0.5, 0.6) is 0 Å². The third kappa shape index (κ3) is 5.37. The van der Waals surface area contributed by atoms with Gasteiger partial charge in [-0.3, -0.25) is 0 Å². The maximum absolute atomic E-state index is 9.25. The fourth-order valence-electron chi connectivity index (χ4n) is 5.34. The van der Waals surface area contributed by atoms with Crippen LogP contribution in [0.4, 0.5) is 0 Å². The lowest BCUT2D eigenvalue weighted by molar-refractivity contribution is 0.298. The lowest BCUT2D eigenvalue weighted by atomic mass is 10.00. The molecule has 0 bridgehead atoms. The highest BCUT2D eigenvalue weighted by molar-refractivity contribution is 5.88. The van der Waals surface area contributed by atoms with Crippen molar-refractivity contribution in [2.24, 2.45) is 0 Å². The minimum absolute atomic E-state index is 0.0154. The highest BCUT2D eigenvalue weighted by atomic mass is 16.3. The molecule has 4 aromatic carbocycles. The third-order valence-electron chi connectivity index (χ3n) is 7.71. The van der Waals surface area contributed by atoms with Gasteiger partial charge in [-0.15, -0.1) is 5.10 Å². The molecule has 1 unspecified atom stereocenters. The van der Waals surface area contributed by atoms with E-state index in [9.17, 15) is 5.11 Å². The van der Waals surface area contributed by atoms with Crippen LogP contribution in [0.3, 0.4) is 0 Å². The summed E-state index contributed by atoms with van der Waals surface area (Å²) in [5.74, 6) is 0. The summed E-state index contributed by atoms with van der Waals surface area (Å²) in [5.41, 5.74) is 12.5. The molecule has 0 aliphatic rings. The first kappa shape index (κ1) is 26.5. The summed E-state index contributed by atoms with van der Waals surface area (Å²) in [6.07, 6.45) is 2.42. The molecule has 0 saturated heterocycles. The van der Waals surface area contributed by atoms with Gasteiger partial charge in [-0.1, -0.05) is 107 Å². The van der Waals surface area contributed by atoms with E-state index in [1.165, 1.54) is 33.4 Å². The van der Waals surface area contributed by atoms with Gasteiger partial charge in [-0.2, -0.15) is 0 Å². The highest BCUT2D eigenvalue weighted by Gasteiger charge is 2.21. The molecule has 0 saturated carbocycles. The molecule has 0 fully saturated rings. The van der Waals surface area contributed by atoms with Gasteiger partial charge in [0.15, 0.2) is 0 Å². The molecule has 6 rings (SSSR count). The average Bonchev–Trinajstić information content (AvgIpc) is 3.64. The summed E-state index contributed by atoms with van der Waals surface area (Å²) in [4.78, 5) is 0. The van der Waals surface area contributed by atoms with Crippen molar-refractivity contribution in [3.05, 3.63) is 138 Å². The van der Waals surface area contributed by atoms with E-state index in [0.29, 0.717) is 6.42 Å². The number of hydrogen-bond donors (Lipinski definition) is 1. The van der Waals surface area contributed by atoms with E-state index in [1.54, 1.807) is 0 Å². The number of aromatic nitrogens is 4. The van der Waals surface area contributed by atoms with Crippen molar-refractivity contribution in [2.75, 3.05) is 6.61 Å². The fourth-order valence-corrected chi connectivity index (χ4v) is 5.34. The first-order valence-electron chi connectivity index (χ1n) is 14.1. The molecular formula is C36H34N4O. The average molecular weight is 539 g/mol. The Bertz CT molecular complexity index is 1750. The van der Waals surface area contributed by atoms with Gasteiger partial charge >= 0.3 is 0 Å². The Labute approximate surface area is 241 Å². The van der Waals surface area contributed by atoms with Crippen LogP contribution in [0.25, 0.3) is 39.3 Å². The van der Waals surface area contributed by atoms with E-state index < -0.39 is 0 Å². The van der Waals surface area contributed by atoms with Crippen LogP contribution in [-0.2, 0) is 6.42 Å². The van der Waals surface area contributed by atoms with Crippen molar-refractivity contribution >= 4 is 0 Å². The molecule has 0 aliphatic carbocycles. The van der Waals surface area contributed by atoms with Crippen LogP contribution in [0, 0.1) is 13.8 Å². The standard InChI is InChI=1S/C36H34N4O/c1-25-9-13-30(14-10-25)35-23-34(29-7-5-4-6-8-29)36(31-15-11-26(2)12-16-31)40(35)33-19-17-28(18-20-33)27(3)39-24-32(21-22-41)37-38-39/h4-20,23-24,27,41H,21-22H2,1-3H3. The number of hydrogen-bond acceptors (Lipinski definition) is 3. The van der Waals surface area contributed by atoms with E-state index in [4.69, 9.17) is 0 Å². The van der Waals surface area contributed by atoms with Crippen LogP contribution in [0.1, 0.15) is 35.3 Å². The Kier molecular flexibility index (Phi) is 7.36. The Morgan fingerprint density at radius 1 is 0.732 bits per heavy atom. The summed E-state index contributed by atoms with van der Waals surface area (Å²) in [5, 5.41) is 17.8. The van der Waals surface area contributed by atoms with Gasteiger partial charge < -0.3 is 9.67 Å². The number of aliphatic hydroxyl groups is 1. The Balaban J connectivity index is 1.52. The van der Waals surface area contributed by atoms with Crippen molar-refractivity contribution in [1.29, 1.82) is 0 Å². The van der Waals surface area contributed by atoms with Crippen molar-refractivity contribution in [2.45, 2.75) is 33.2 Å². The van der Waals surface area contributed by atoms with Gasteiger partial charge in [-0.05, 0) is 61.2 Å². The van der Waals surface area contributed by atoms with Gasteiger partial charge in [0.25, 0.3) is 0 Å². The molecule has 5 nitrogen and oxygen atoms in total. The SMILES string of the molecule is Cc1ccc(-c2cc(-c3ccccc3)c(-c3ccc(C)cc3)n2-c2ccc(C(C)n3cc(CCO)nn3)cc2)cc1. The molecule has 2 aromatic heterocycles. The van der Waals surface area contributed by atoms with Crippen molar-refractivity contribution < 1.29 is 5.11 Å². The summed E-state index contributed by atoms with van der Waals surface area (Å²) < 4.78 is 4.25. The van der Waals surface area contributed by atoms with E-state index in [2.05, 4.69) is 145 Å². The molecule has 6 aromatic rings. The summed E-state index contributed by atoms with van der Waals surface area (Å²) >= 11 is 0. The van der Waals surface area contributed by atoms with Gasteiger partial charge in [0.1, 0.15) is 0 Å². The molecule has 5 heteroatoms. The Hall–Kier alpha value is -4.74. The largest absolute Gasteiger partial charge is 0.396 e. The lowest BCUT2D eigenvalue weighted by Gasteiger charge is -2.18. The van der Waals surface area contributed by atoms with Crippen LogP contribution in [0.15, 0.2) is 115 Å². The second-order valence-electron chi connectivity index (χ2n) is 10.7. The fraction of sp³-hybridized carbons (Fsp3) is 0.167. The normalized spacial score (nSPS) is 12.0.